The number of hydrogen-bond acceptors (Lipinski definition) is 3. The van der Waals surface area contributed by atoms with Crippen molar-refractivity contribution in [1.82, 2.24) is 0 Å². The fourth-order valence-electron chi connectivity index (χ4n) is 5.31. The summed E-state index contributed by atoms with van der Waals surface area (Å²) < 4.78 is 4.82. The van der Waals surface area contributed by atoms with Crippen LogP contribution in [-0.2, 0) is 4.74 Å². The first-order chi connectivity index (χ1) is 12.1. The van der Waals surface area contributed by atoms with Gasteiger partial charge in [-0.3, -0.25) is 0 Å². The van der Waals surface area contributed by atoms with Gasteiger partial charge in [0.25, 0.3) is 0 Å². The third-order valence-corrected chi connectivity index (χ3v) is 6.67. The minimum absolute atomic E-state index is 0.262. The number of ether oxygens (including phenoxy) is 1. The van der Waals surface area contributed by atoms with E-state index in [2.05, 4.69) is 30.9 Å². The summed E-state index contributed by atoms with van der Waals surface area (Å²) in [6.07, 6.45) is 12.4. The number of esters is 1. The van der Waals surface area contributed by atoms with Crippen LogP contribution in [0.1, 0.15) is 82.0 Å². The van der Waals surface area contributed by atoms with Gasteiger partial charge in [-0.05, 0) is 62.8 Å². The van der Waals surface area contributed by atoms with Crippen molar-refractivity contribution in [2.24, 2.45) is 5.41 Å². The van der Waals surface area contributed by atoms with Gasteiger partial charge in [0.15, 0.2) is 0 Å². The molecule has 1 saturated carbocycles. The molecule has 1 aromatic rings. The molecule has 1 aliphatic carbocycles. The lowest BCUT2D eigenvalue weighted by molar-refractivity contribution is 0.0601. The molecule has 0 N–H and O–H groups in total. The molecule has 2 unspecified atom stereocenters. The van der Waals surface area contributed by atoms with Gasteiger partial charge in [0.05, 0.1) is 12.7 Å². The summed E-state index contributed by atoms with van der Waals surface area (Å²) >= 11 is 0. The highest BCUT2D eigenvalue weighted by atomic mass is 16.5. The molecule has 0 radical (unpaired) electrons. The molecule has 2 aliphatic rings. The van der Waals surface area contributed by atoms with Crippen molar-refractivity contribution in [2.45, 2.75) is 83.7 Å². The summed E-state index contributed by atoms with van der Waals surface area (Å²) in [6.45, 7) is 4.79. The summed E-state index contributed by atoms with van der Waals surface area (Å²) in [5, 5.41) is 0. The maximum absolute atomic E-state index is 11.7. The zero-order valence-corrected chi connectivity index (χ0v) is 16.1. The van der Waals surface area contributed by atoms with E-state index >= 15 is 0 Å². The Balaban J connectivity index is 1.81. The van der Waals surface area contributed by atoms with Crippen LogP contribution < -0.4 is 4.90 Å². The number of carbonyl (C=O) groups is 1. The monoisotopic (exact) mass is 343 g/mol. The molecule has 3 nitrogen and oxygen atoms in total. The molecule has 1 aliphatic heterocycles. The smallest absolute Gasteiger partial charge is 0.337 e. The van der Waals surface area contributed by atoms with E-state index in [0.29, 0.717) is 23.1 Å². The summed E-state index contributed by atoms with van der Waals surface area (Å²) in [5.74, 6) is -0.262. The molecule has 1 saturated heterocycles. The second kappa shape index (κ2) is 7.80. The van der Waals surface area contributed by atoms with Crippen molar-refractivity contribution in [3.63, 3.8) is 0 Å². The number of carbonyl (C=O) groups excluding carboxylic acids is 1. The molecular weight excluding hydrogens is 310 g/mol. The lowest BCUT2D eigenvalue weighted by Crippen LogP contribution is -2.39. The summed E-state index contributed by atoms with van der Waals surface area (Å²) in [6, 6.07) is 9.09. The first kappa shape index (κ1) is 18.3. The Morgan fingerprint density at radius 3 is 2.12 bits per heavy atom. The van der Waals surface area contributed by atoms with E-state index in [0.717, 1.165) is 0 Å². The van der Waals surface area contributed by atoms with E-state index in [1.54, 1.807) is 0 Å². The van der Waals surface area contributed by atoms with Gasteiger partial charge in [-0.2, -0.15) is 0 Å². The standard InChI is InChI=1S/C22H33NO2/c1-17-16-22(14-8-6-4-5-7-9-15-22)18(2)23(17)20-12-10-19(11-13-20)21(24)25-3/h10-13,17-18H,4-9,14-16H2,1-3H3. The van der Waals surface area contributed by atoms with E-state index in [1.807, 2.05) is 12.1 Å². The van der Waals surface area contributed by atoms with Crippen LogP contribution in [0.3, 0.4) is 0 Å². The third-order valence-electron chi connectivity index (χ3n) is 6.67. The van der Waals surface area contributed by atoms with Crippen molar-refractivity contribution < 1.29 is 9.53 Å². The fourth-order valence-corrected chi connectivity index (χ4v) is 5.31. The Labute approximate surface area is 152 Å². The summed E-state index contributed by atoms with van der Waals surface area (Å²) in [5.41, 5.74) is 2.33. The Morgan fingerprint density at radius 1 is 1.00 bits per heavy atom. The molecule has 3 heteroatoms. The van der Waals surface area contributed by atoms with Crippen LogP contribution in [0.25, 0.3) is 0 Å². The second-order valence-corrected chi connectivity index (χ2v) is 8.16. The largest absolute Gasteiger partial charge is 0.465 e. The minimum atomic E-state index is -0.262. The molecule has 3 rings (SSSR count). The highest BCUT2D eigenvalue weighted by Gasteiger charge is 2.47. The van der Waals surface area contributed by atoms with E-state index in [4.69, 9.17) is 4.74 Å². The Hall–Kier alpha value is -1.51. The quantitative estimate of drug-likeness (QED) is 0.656. The van der Waals surface area contributed by atoms with Crippen molar-refractivity contribution in [1.29, 1.82) is 0 Å². The highest BCUT2D eigenvalue weighted by molar-refractivity contribution is 5.89. The molecule has 0 bridgehead atoms. The Kier molecular flexibility index (Phi) is 5.71. The third kappa shape index (κ3) is 3.70. The zero-order chi connectivity index (χ0) is 17.9. The van der Waals surface area contributed by atoms with E-state index in [-0.39, 0.29) is 5.97 Å². The number of anilines is 1. The SMILES string of the molecule is COC(=O)c1ccc(N2C(C)CC3(CCCCCCCC3)C2C)cc1. The average molecular weight is 344 g/mol. The highest BCUT2D eigenvalue weighted by Crippen LogP contribution is 2.50. The van der Waals surface area contributed by atoms with Crippen LogP contribution in [0.5, 0.6) is 0 Å². The number of rotatable bonds is 2. The summed E-state index contributed by atoms with van der Waals surface area (Å²) in [7, 11) is 1.43. The predicted molar refractivity (Wildman–Crippen MR) is 103 cm³/mol. The molecule has 1 aromatic carbocycles. The maximum Gasteiger partial charge on any atom is 0.337 e. The molecule has 25 heavy (non-hydrogen) atoms. The lowest BCUT2D eigenvalue weighted by Gasteiger charge is -2.37. The molecule has 0 aromatic heterocycles. The molecule has 2 fully saturated rings. The normalized spacial score (nSPS) is 26.8. The average Bonchev–Trinajstić information content (AvgIpc) is 2.93. The van der Waals surface area contributed by atoms with Crippen molar-refractivity contribution >= 4 is 11.7 Å². The molecule has 1 heterocycles. The van der Waals surface area contributed by atoms with Gasteiger partial charge in [0.1, 0.15) is 0 Å². The zero-order valence-electron chi connectivity index (χ0n) is 16.1. The molecule has 1 spiro atoms. The van der Waals surface area contributed by atoms with Gasteiger partial charge < -0.3 is 9.64 Å². The summed E-state index contributed by atoms with van der Waals surface area (Å²) in [4.78, 5) is 14.3. The number of benzene rings is 1. The first-order valence-corrected chi connectivity index (χ1v) is 10.0. The maximum atomic E-state index is 11.7. The fraction of sp³-hybridized carbons (Fsp3) is 0.682. The first-order valence-electron chi connectivity index (χ1n) is 10.0. The van der Waals surface area contributed by atoms with Crippen molar-refractivity contribution in [3.8, 4) is 0 Å². The minimum Gasteiger partial charge on any atom is -0.465 e. The Bertz CT molecular complexity index is 570. The topological polar surface area (TPSA) is 29.5 Å². The van der Waals surface area contributed by atoms with Crippen LogP contribution in [0, 0.1) is 5.41 Å². The van der Waals surface area contributed by atoms with Gasteiger partial charge in [0.2, 0.25) is 0 Å². The van der Waals surface area contributed by atoms with Crippen molar-refractivity contribution in [3.05, 3.63) is 29.8 Å². The van der Waals surface area contributed by atoms with Crippen LogP contribution >= 0.6 is 0 Å². The number of hydrogen-bond donors (Lipinski definition) is 0. The van der Waals surface area contributed by atoms with Gasteiger partial charge in [-0.25, -0.2) is 4.79 Å². The Morgan fingerprint density at radius 2 is 1.56 bits per heavy atom. The molecular formula is C22H33NO2. The predicted octanol–water partition coefficient (Wildman–Crippen LogP) is 5.58. The van der Waals surface area contributed by atoms with E-state index in [1.165, 1.54) is 70.6 Å². The van der Waals surface area contributed by atoms with E-state index < -0.39 is 0 Å². The van der Waals surface area contributed by atoms with Crippen LogP contribution in [0.2, 0.25) is 0 Å². The van der Waals surface area contributed by atoms with Gasteiger partial charge in [-0.15, -0.1) is 0 Å². The van der Waals surface area contributed by atoms with Gasteiger partial charge in [0, 0.05) is 17.8 Å². The van der Waals surface area contributed by atoms with Crippen molar-refractivity contribution in [2.75, 3.05) is 12.0 Å². The molecule has 138 valence electrons. The number of nitrogens with zero attached hydrogens (tertiary/aromatic N) is 1. The second-order valence-electron chi connectivity index (χ2n) is 8.16. The van der Waals surface area contributed by atoms with E-state index in [9.17, 15) is 4.79 Å². The molecule has 0 amide bonds. The lowest BCUT2D eigenvalue weighted by atomic mass is 9.72. The van der Waals surface area contributed by atoms with Gasteiger partial charge in [-0.1, -0.05) is 38.5 Å². The van der Waals surface area contributed by atoms with Crippen LogP contribution in [0.15, 0.2) is 24.3 Å². The van der Waals surface area contributed by atoms with Crippen LogP contribution in [0.4, 0.5) is 5.69 Å². The van der Waals surface area contributed by atoms with Crippen LogP contribution in [-0.4, -0.2) is 25.2 Å². The van der Waals surface area contributed by atoms with Gasteiger partial charge >= 0.3 is 5.97 Å². The molecule has 2 atom stereocenters. The number of methoxy groups -OCH3 is 1.